The monoisotopic (exact) mass is 262 g/mol. The van der Waals surface area contributed by atoms with Gasteiger partial charge in [-0.3, -0.25) is 0 Å². The van der Waals surface area contributed by atoms with E-state index in [1.807, 2.05) is 13.8 Å². The van der Waals surface area contributed by atoms with Crippen molar-refractivity contribution in [3.05, 3.63) is 0 Å². The summed E-state index contributed by atoms with van der Waals surface area (Å²) in [6.07, 6.45) is 10.3. The number of rotatable bonds is 13. The molecule has 0 heterocycles. The maximum absolute atomic E-state index is 13.2. The van der Waals surface area contributed by atoms with Crippen LogP contribution in [0.2, 0.25) is 0 Å². The Balaban J connectivity index is 3.11. The Morgan fingerprint density at radius 2 is 0.889 bits per heavy atom. The lowest BCUT2D eigenvalue weighted by Gasteiger charge is -2.07. The van der Waals surface area contributed by atoms with E-state index in [4.69, 9.17) is 0 Å². The molecule has 0 fully saturated rings. The first-order chi connectivity index (χ1) is 8.70. The number of halogens is 2. The molecule has 2 heteroatoms. The molecule has 0 nitrogen and oxygen atoms in total. The van der Waals surface area contributed by atoms with Gasteiger partial charge < -0.3 is 0 Å². The van der Waals surface area contributed by atoms with Gasteiger partial charge in [-0.15, -0.1) is 0 Å². The van der Waals surface area contributed by atoms with Gasteiger partial charge >= 0.3 is 0 Å². The van der Waals surface area contributed by atoms with Crippen molar-refractivity contribution in [1.82, 2.24) is 0 Å². The molecular formula is C16H32F2. The lowest BCUT2D eigenvalue weighted by atomic mass is 10.0. The molecule has 0 amide bonds. The van der Waals surface area contributed by atoms with Gasteiger partial charge in [0.05, 0.1) is 0 Å². The Bertz CT molecular complexity index is 141. The van der Waals surface area contributed by atoms with Gasteiger partial charge in [0.15, 0.2) is 0 Å². The molecule has 0 radical (unpaired) electrons. The third-order valence-electron chi connectivity index (χ3n) is 3.49. The van der Waals surface area contributed by atoms with E-state index in [0.29, 0.717) is 0 Å². The van der Waals surface area contributed by atoms with Gasteiger partial charge in [0.1, 0.15) is 12.3 Å². The second kappa shape index (κ2) is 13.3. The average Bonchev–Trinajstić information content (AvgIpc) is 2.33. The van der Waals surface area contributed by atoms with Crippen molar-refractivity contribution in [2.75, 3.05) is 0 Å². The molecule has 0 aromatic carbocycles. The van der Waals surface area contributed by atoms with Crippen molar-refractivity contribution in [3.63, 3.8) is 0 Å². The summed E-state index contributed by atoms with van der Waals surface area (Å²) in [5.74, 6) is 0. The number of alkyl halides is 2. The predicted molar refractivity (Wildman–Crippen MR) is 76.5 cm³/mol. The summed E-state index contributed by atoms with van der Waals surface area (Å²) in [4.78, 5) is 0. The smallest absolute Gasteiger partial charge is 0.100 e. The molecule has 0 N–H and O–H groups in total. The van der Waals surface area contributed by atoms with Gasteiger partial charge in [-0.1, -0.05) is 65.2 Å². The summed E-state index contributed by atoms with van der Waals surface area (Å²) in [6.45, 7) is 4.06. The Morgan fingerprint density at radius 3 is 1.22 bits per heavy atom. The van der Waals surface area contributed by atoms with E-state index in [2.05, 4.69) is 0 Å². The van der Waals surface area contributed by atoms with Gasteiger partial charge in [0.25, 0.3) is 0 Å². The molecule has 0 aromatic rings. The molecule has 0 saturated carbocycles. The molecule has 2 unspecified atom stereocenters. The third kappa shape index (κ3) is 12.3. The molecule has 0 aliphatic carbocycles. The molecule has 2 atom stereocenters. The first-order valence-corrected chi connectivity index (χ1v) is 7.98. The molecule has 0 saturated heterocycles. The van der Waals surface area contributed by atoms with Crippen LogP contribution in [0.4, 0.5) is 8.78 Å². The van der Waals surface area contributed by atoms with Crippen LogP contribution in [0.3, 0.4) is 0 Å². The first kappa shape index (κ1) is 17.9. The van der Waals surface area contributed by atoms with Crippen LogP contribution < -0.4 is 0 Å². The quantitative estimate of drug-likeness (QED) is 0.338. The molecule has 0 bridgehead atoms. The van der Waals surface area contributed by atoms with Gasteiger partial charge in [-0.25, -0.2) is 8.78 Å². The summed E-state index contributed by atoms with van der Waals surface area (Å²) in [5.41, 5.74) is 0. The van der Waals surface area contributed by atoms with Crippen LogP contribution in [-0.4, -0.2) is 12.3 Å². The van der Waals surface area contributed by atoms with Gasteiger partial charge in [-0.05, 0) is 25.7 Å². The van der Waals surface area contributed by atoms with Crippen LogP contribution in [0.25, 0.3) is 0 Å². The highest BCUT2D eigenvalue weighted by Crippen LogP contribution is 2.15. The second-order valence-electron chi connectivity index (χ2n) is 5.47. The minimum atomic E-state index is -0.587. The summed E-state index contributed by atoms with van der Waals surface area (Å²) >= 11 is 0. The summed E-state index contributed by atoms with van der Waals surface area (Å²) < 4.78 is 26.3. The maximum atomic E-state index is 13.2. The third-order valence-corrected chi connectivity index (χ3v) is 3.49. The van der Waals surface area contributed by atoms with Crippen molar-refractivity contribution in [3.8, 4) is 0 Å². The Morgan fingerprint density at radius 1 is 0.556 bits per heavy atom. The Labute approximate surface area is 113 Å². The first-order valence-electron chi connectivity index (χ1n) is 7.98. The van der Waals surface area contributed by atoms with Gasteiger partial charge in [0.2, 0.25) is 0 Å². The van der Waals surface area contributed by atoms with E-state index in [0.717, 1.165) is 64.2 Å². The van der Waals surface area contributed by atoms with Crippen LogP contribution in [0.1, 0.15) is 90.9 Å². The second-order valence-corrected chi connectivity index (χ2v) is 5.47. The number of unbranched alkanes of at least 4 members (excludes halogenated alkanes) is 5. The van der Waals surface area contributed by atoms with E-state index in [9.17, 15) is 8.78 Å². The predicted octanol–water partition coefficient (Wildman–Crippen LogP) is 6.38. The fraction of sp³-hybridized carbons (Fsp3) is 1.00. The lowest BCUT2D eigenvalue weighted by Crippen LogP contribution is -1.99. The van der Waals surface area contributed by atoms with Crippen LogP contribution >= 0.6 is 0 Å². The number of hydrogen-bond donors (Lipinski definition) is 0. The molecule has 0 aliphatic heterocycles. The van der Waals surface area contributed by atoms with Crippen LogP contribution in [-0.2, 0) is 0 Å². The molecular weight excluding hydrogens is 230 g/mol. The molecule has 110 valence electrons. The van der Waals surface area contributed by atoms with E-state index in [-0.39, 0.29) is 0 Å². The maximum Gasteiger partial charge on any atom is 0.100 e. The average molecular weight is 262 g/mol. The van der Waals surface area contributed by atoms with Crippen LogP contribution in [0, 0.1) is 0 Å². The van der Waals surface area contributed by atoms with Gasteiger partial charge in [-0.2, -0.15) is 0 Å². The summed E-state index contributed by atoms with van der Waals surface area (Å²) in [5, 5.41) is 0. The molecule has 0 spiro atoms. The Kier molecular flexibility index (Phi) is 13.2. The zero-order valence-electron chi connectivity index (χ0n) is 12.4. The summed E-state index contributed by atoms with van der Waals surface area (Å²) in [7, 11) is 0. The van der Waals surface area contributed by atoms with Crippen molar-refractivity contribution in [1.29, 1.82) is 0 Å². The molecule has 0 rings (SSSR count). The standard InChI is InChI=1S/C16H32F2/c1-3-11-15(17)13-9-7-5-6-8-10-14-16(18)12-4-2/h15-16H,3-14H2,1-2H3. The Hall–Kier alpha value is -0.140. The van der Waals surface area contributed by atoms with Crippen molar-refractivity contribution in [2.24, 2.45) is 0 Å². The van der Waals surface area contributed by atoms with E-state index >= 15 is 0 Å². The van der Waals surface area contributed by atoms with Crippen molar-refractivity contribution >= 4 is 0 Å². The molecule has 0 aliphatic rings. The fourth-order valence-corrected chi connectivity index (χ4v) is 2.35. The topological polar surface area (TPSA) is 0 Å². The molecule has 18 heavy (non-hydrogen) atoms. The summed E-state index contributed by atoms with van der Waals surface area (Å²) in [6, 6.07) is 0. The SMILES string of the molecule is CCCC(F)CCCCCCCCC(F)CCC. The van der Waals surface area contributed by atoms with E-state index in [1.54, 1.807) is 0 Å². The van der Waals surface area contributed by atoms with E-state index in [1.165, 1.54) is 12.8 Å². The van der Waals surface area contributed by atoms with E-state index < -0.39 is 12.3 Å². The number of hydrogen-bond acceptors (Lipinski definition) is 0. The highest BCUT2D eigenvalue weighted by atomic mass is 19.1. The van der Waals surface area contributed by atoms with Crippen molar-refractivity contribution < 1.29 is 8.78 Å². The largest absolute Gasteiger partial charge is 0.247 e. The fourth-order valence-electron chi connectivity index (χ4n) is 2.35. The lowest BCUT2D eigenvalue weighted by molar-refractivity contribution is 0.281. The minimum absolute atomic E-state index is 0.587. The zero-order chi connectivity index (χ0) is 13.6. The zero-order valence-corrected chi connectivity index (χ0v) is 12.4. The highest BCUT2D eigenvalue weighted by Gasteiger charge is 2.05. The van der Waals surface area contributed by atoms with Gasteiger partial charge in [0, 0.05) is 0 Å². The van der Waals surface area contributed by atoms with Crippen LogP contribution in [0.5, 0.6) is 0 Å². The minimum Gasteiger partial charge on any atom is -0.247 e. The molecule has 0 aromatic heterocycles. The normalized spacial score (nSPS) is 14.7. The van der Waals surface area contributed by atoms with Crippen LogP contribution in [0.15, 0.2) is 0 Å². The highest BCUT2D eigenvalue weighted by molar-refractivity contribution is 4.57. The van der Waals surface area contributed by atoms with Crippen molar-refractivity contribution in [2.45, 2.75) is 103 Å².